The van der Waals surface area contributed by atoms with Gasteiger partial charge in [0.1, 0.15) is 0 Å². The molecule has 1 amide bonds. The predicted molar refractivity (Wildman–Crippen MR) is 73.9 cm³/mol. The Bertz CT molecular complexity index is 577. The molecule has 1 heterocycles. The van der Waals surface area contributed by atoms with E-state index in [1.165, 1.54) is 0 Å². The summed E-state index contributed by atoms with van der Waals surface area (Å²) in [6.45, 7) is 2.68. The molecule has 0 aliphatic carbocycles. The molecular formula is C14H19N3O2. The number of hydrogen-bond acceptors (Lipinski definition) is 3. The number of carbonyl (C=O) groups is 1. The summed E-state index contributed by atoms with van der Waals surface area (Å²) in [6.07, 6.45) is 0.684. The maximum absolute atomic E-state index is 12.1. The van der Waals surface area contributed by atoms with Crippen LogP contribution in [0.15, 0.2) is 24.3 Å². The summed E-state index contributed by atoms with van der Waals surface area (Å²) < 4.78 is 1.71. The molecule has 0 aliphatic heterocycles. The van der Waals surface area contributed by atoms with Crippen molar-refractivity contribution in [3.63, 3.8) is 0 Å². The SMILES string of the molecule is CC(CCO)CNC(=O)c1nn(C)c2ccccc12. The van der Waals surface area contributed by atoms with Crippen molar-refractivity contribution in [1.29, 1.82) is 0 Å². The number of aliphatic hydroxyl groups is 1. The fourth-order valence-electron chi connectivity index (χ4n) is 2.05. The van der Waals surface area contributed by atoms with Gasteiger partial charge in [-0.2, -0.15) is 5.10 Å². The molecule has 1 unspecified atom stereocenters. The smallest absolute Gasteiger partial charge is 0.272 e. The van der Waals surface area contributed by atoms with Crippen molar-refractivity contribution in [2.75, 3.05) is 13.2 Å². The molecule has 2 rings (SSSR count). The second kappa shape index (κ2) is 5.84. The second-order valence-corrected chi connectivity index (χ2v) is 4.82. The van der Waals surface area contributed by atoms with Gasteiger partial charge in [0.2, 0.25) is 0 Å². The molecule has 1 aromatic carbocycles. The molecule has 2 aromatic rings. The molecule has 19 heavy (non-hydrogen) atoms. The molecule has 0 saturated heterocycles. The Hall–Kier alpha value is -1.88. The average Bonchev–Trinajstić information content (AvgIpc) is 2.75. The van der Waals surface area contributed by atoms with Crippen LogP contribution in [0, 0.1) is 5.92 Å². The van der Waals surface area contributed by atoms with Crippen molar-refractivity contribution in [2.24, 2.45) is 13.0 Å². The minimum absolute atomic E-state index is 0.142. The van der Waals surface area contributed by atoms with E-state index in [1.54, 1.807) is 4.68 Å². The molecule has 1 aromatic heterocycles. The highest BCUT2D eigenvalue weighted by Crippen LogP contribution is 2.17. The van der Waals surface area contributed by atoms with Gasteiger partial charge in [0.05, 0.1) is 5.52 Å². The highest BCUT2D eigenvalue weighted by Gasteiger charge is 2.15. The molecule has 0 fully saturated rings. The lowest BCUT2D eigenvalue weighted by molar-refractivity contribution is 0.0941. The van der Waals surface area contributed by atoms with Crippen molar-refractivity contribution in [2.45, 2.75) is 13.3 Å². The number of nitrogens with zero attached hydrogens (tertiary/aromatic N) is 2. The molecule has 5 heteroatoms. The van der Waals surface area contributed by atoms with Gasteiger partial charge in [-0.05, 0) is 18.4 Å². The Morgan fingerprint density at radius 2 is 2.21 bits per heavy atom. The zero-order valence-corrected chi connectivity index (χ0v) is 11.3. The molecule has 0 bridgehead atoms. The van der Waals surface area contributed by atoms with Crippen LogP contribution in [-0.4, -0.2) is 33.9 Å². The molecule has 0 saturated carbocycles. The van der Waals surface area contributed by atoms with E-state index in [0.29, 0.717) is 18.7 Å². The van der Waals surface area contributed by atoms with Crippen molar-refractivity contribution in [1.82, 2.24) is 15.1 Å². The molecule has 1 atom stereocenters. The van der Waals surface area contributed by atoms with Crippen molar-refractivity contribution in [3.8, 4) is 0 Å². The summed E-state index contributed by atoms with van der Waals surface area (Å²) in [7, 11) is 1.83. The number of fused-ring (bicyclic) bond motifs is 1. The summed E-state index contributed by atoms with van der Waals surface area (Å²) >= 11 is 0. The van der Waals surface area contributed by atoms with Crippen LogP contribution in [0.5, 0.6) is 0 Å². The highest BCUT2D eigenvalue weighted by molar-refractivity contribution is 6.04. The largest absolute Gasteiger partial charge is 0.396 e. The van der Waals surface area contributed by atoms with E-state index in [9.17, 15) is 4.79 Å². The van der Waals surface area contributed by atoms with E-state index in [-0.39, 0.29) is 18.4 Å². The molecule has 102 valence electrons. The lowest BCUT2D eigenvalue weighted by Crippen LogP contribution is -2.29. The van der Waals surface area contributed by atoms with Gasteiger partial charge in [-0.15, -0.1) is 0 Å². The summed E-state index contributed by atoms with van der Waals surface area (Å²) in [6, 6.07) is 7.66. The number of nitrogens with one attached hydrogen (secondary N) is 1. The Labute approximate surface area is 112 Å². The minimum Gasteiger partial charge on any atom is -0.396 e. The van der Waals surface area contributed by atoms with Gasteiger partial charge in [0, 0.05) is 25.6 Å². The number of amides is 1. The van der Waals surface area contributed by atoms with Crippen molar-refractivity contribution < 1.29 is 9.90 Å². The van der Waals surface area contributed by atoms with Crippen LogP contribution < -0.4 is 5.32 Å². The van der Waals surface area contributed by atoms with E-state index in [0.717, 1.165) is 10.9 Å². The number of hydrogen-bond donors (Lipinski definition) is 2. The van der Waals surface area contributed by atoms with Gasteiger partial charge in [-0.3, -0.25) is 9.48 Å². The first-order valence-electron chi connectivity index (χ1n) is 6.44. The first-order chi connectivity index (χ1) is 9.13. The Kier molecular flexibility index (Phi) is 4.16. The van der Waals surface area contributed by atoms with Gasteiger partial charge in [-0.25, -0.2) is 0 Å². The van der Waals surface area contributed by atoms with E-state index in [4.69, 9.17) is 5.11 Å². The standard InChI is InChI=1S/C14H19N3O2/c1-10(7-8-18)9-15-14(19)13-11-5-3-4-6-12(11)17(2)16-13/h3-6,10,18H,7-9H2,1-2H3,(H,15,19). The van der Waals surface area contributed by atoms with Crippen LogP contribution >= 0.6 is 0 Å². The monoisotopic (exact) mass is 261 g/mol. The Morgan fingerprint density at radius 3 is 2.95 bits per heavy atom. The van der Waals surface area contributed by atoms with Gasteiger partial charge >= 0.3 is 0 Å². The Morgan fingerprint density at radius 1 is 1.47 bits per heavy atom. The lowest BCUT2D eigenvalue weighted by Gasteiger charge is -2.10. The maximum Gasteiger partial charge on any atom is 0.272 e. The normalized spacial score (nSPS) is 12.6. The lowest BCUT2D eigenvalue weighted by atomic mass is 10.1. The fraction of sp³-hybridized carbons (Fsp3) is 0.429. The first-order valence-corrected chi connectivity index (χ1v) is 6.44. The maximum atomic E-state index is 12.1. The Balaban J connectivity index is 2.13. The van der Waals surface area contributed by atoms with E-state index < -0.39 is 0 Å². The van der Waals surface area contributed by atoms with Gasteiger partial charge < -0.3 is 10.4 Å². The minimum atomic E-state index is -0.165. The number of aryl methyl sites for hydroxylation is 1. The van der Waals surface area contributed by atoms with Gasteiger partial charge in [0.25, 0.3) is 5.91 Å². The number of carbonyl (C=O) groups excluding carboxylic acids is 1. The predicted octanol–water partition coefficient (Wildman–Crippen LogP) is 1.32. The second-order valence-electron chi connectivity index (χ2n) is 4.82. The van der Waals surface area contributed by atoms with Crippen LogP contribution in [-0.2, 0) is 7.05 Å². The zero-order valence-electron chi connectivity index (χ0n) is 11.3. The van der Waals surface area contributed by atoms with Crippen molar-refractivity contribution in [3.05, 3.63) is 30.0 Å². The summed E-state index contributed by atoms with van der Waals surface area (Å²) in [4.78, 5) is 12.1. The van der Waals surface area contributed by atoms with Crippen LogP contribution in [0.3, 0.4) is 0 Å². The third-order valence-corrected chi connectivity index (χ3v) is 3.21. The topological polar surface area (TPSA) is 67.2 Å². The van der Waals surface area contributed by atoms with E-state index >= 15 is 0 Å². The quantitative estimate of drug-likeness (QED) is 0.853. The molecule has 0 spiro atoms. The fourth-order valence-corrected chi connectivity index (χ4v) is 2.05. The summed E-state index contributed by atoms with van der Waals surface area (Å²) in [5.41, 5.74) is 1.39. The van der Waals surface area contributed by atoms with E-state index in [2.05, 4.69) is 10.4 Å². The van der Waals surface area contributed by atoms with Crippen LogP contribution in [0.4, 0.5) is 0 Å². The zero-order chi connectivity index (χ0) is 13.8. The molecule has 0 radical (unpaired) electrons. The molecule has 5 nitrogen and oxygen atoms in total. The average molecular weight is 261 g/mol. The number of benzene rings is 1. The summed E-state index contributed by atoms with van der Waals surface area (Å²) in [5.74, 6) is 0.0884. The highest BCUT2D eigenvalue weighted by atomic mass is 16.3. The molecule has 2 N–H and O–H groups in total. The van der Waals surface area contributed by atoms with Gasteiger partial charge in [-0.1, -0.05) is 25.1 Å². The number of para-hydroxylation sites is 1. The number of aromatic nitrogens is 2. The van der Waals surface area contributed by atoms with Gasteiger partial charge in [0.15, 0.2) is 5.69 Å². The molecule has 0 aliphatic rings. The summed E-state index contributed by atoms with van der Waals surface area (Å²) in [5, 5.41) is 16.8. The van der Waals surface area contributed by atoms with Crippen LogP contribution in [0.25, 0.3) is 10.9 Å². The van der Waals surface area contributed by atoms with Crippen molar-refractivity contribution >= 4 is 16.8 Å². The number of rotatable bonds is 5. The third-order valence-electron chi connectivity index (χ3n) is 3.21. The van der Waals surface area contributed by atoms with Crippen LogP contribution in [0.2, 0.25) is 0 Å². The van der Waals surface area contributed by atoms with Crippen LogP contribution in [0.1, 0.15) is 23.8 Å². The number of aliphatic hydroxyl groups excluding tert-OH is 1. The third kappa shape index (κ3) is 2.93. The van der Waals surface area contributed by atoms with E-state index in [1.807, 2.05) is 38.2 Å². The first kappa shape index (κ1) is 13.5. The molecular weight excluding hydrogens is 242 g/mol.